The molecule has 0 amide bonds. The van der Waals surface area contributed by atoms with Crippen molar-refractivity contribution in [2.24, 2.45) is 0 Å². The van der Waals surface area contributed by atoms with Gasteiger partial charge in [0.15, 0.2) is 11.9 Å². The van der Waals surface area contributed by atoms with Crippen LogP contribution >= 0.6 is 11.8 Å². The summed E-state index contributed by atoms with van der Waals surface area (Å²) < 4.78 is 7.48. The van der Waals surface area contributed by atoms with Crippen LogP contribution in [-0.2, 0) is 4.74 Å². The van der Waals surface area contributed by atoms with Crippen LogP contribution < -0.4 is 0 Å². The fourth-order valence-corrected chi connectivity index (χ4v) is 3.55. The number of nitrogens with zero attached hydrogens (tertiary/aromatic N) is 4. The minimum Gasteiger partial charge on any atom is -0.394 e. The van der Waals surface area contributed by atoms with Gasteiger partial charge in [0.2, 0.25) is 0 Å². The lowest BCUT2D eigenvalue weighted by Crippen LogP contribution is -2.31. The van der Waals surface area contributed by atoms with Gasteiger partial charge in [0.1, 0.15) is 17.9 Å². The van der Waals surface area contributed by atoms with Crippen LogP contribution in [0.5, 0.6) is 0 Å². The van der Waals surface area contributed by atoms with Crippen molar-refractivity contribution in [1.29, 1.82) is 0 Å². The van der Waals surface area contributed by atoms with Gasteiger partial charge in [-0.15, -0.1) is 0 Å². The second kappa shape index (κ2) is 5.65. The van der Waals surface area contributed by atoms with Crippen LogP contribution in [-0.4, -0.2) is 59.5 Å². The van der Waals surface area contributed by atoms with Crippen molar-refractivity contribution in [3.05, 3.63) is 18.9 Å². The van der Waals surface area contributed by atoms with Crippen molar-refractivity contribution in [2.45, 2.75) is 30.6 Å². The molecule has 1 saturated heterocycles. The second-order valence-electron chi connectivity index (χ2n) is 4.54. The van der Waals surface area contributed by atoms with Gasteiger partial charge in [-0.25, -0.2) is 15.0 Å². The largest absolute Gasteiger partial charge is 0.394 e. The summed E-state index contributed by atoms with van der Waals surface area (Å²) in [7, 11) is 0. The highest BCUT2D eigenvalue weighted by Crippen LogP contribution is 2.37. The highest BCUT2D eigenvalue weighted by atomic mass is 32.2. The lowest BCUT2D eigenvalue weighted by molar-refractivity contribution is -0.0486. The fraction of sp³-hybridized carbons (Fsp3) is 0.583. The van der Waals surface area contributed by atoms with Crippen LogP contribution in [0.3, 0.4) is 0 Å². The zero-order chi connectivity index (χ0) is 14.1. The van der Waals surface area contributed by atoms with E-state index in [-0.39, 0.29) is 18.0 Å². The van der Waals surface area contributed by atoms with E-state index in [4.69, 9.17) is 4.74 Å². The molecule has 3 heterocycles. The lowest BCUT2D eigenvalue weighted by Gasteiger charge is -2.18. The van der Waals surface area contributed by atoms with Crippen molar-refractivity contribution in [1.82, 2.24) is 19.5 Å². The average Bonchev–Trinajstić information content (AvgIpc) is 3.02. The summed E-state index contributed by atoms with van der Waals surface area (Å²) in [5, 5.41) is 19.7. The molecule has 0 spiro atoms. The Morgan fingerprint density at radius 1 is 1.45 bits per heavy atom. The Kier molecular flexibility index (Phi) is 3.88. The van der Waals surface area contributed by atoms with E-state index in [2.05, 4.69) is 15.0 Å². The lowest BCUT2D eigenvalue weighted by atomic mass is 10.2. The molecule has 2 N–H and O–H groups in total. The van der Waals surface area contributed by atoms with Crippen LogP contribution in [0.25, 0.3) is 11.2 Å². The van der Waals surface area contributed by atoms with E-state index in [1.165, 1.54) is 6.33 Å². The van der Waals surface area contributed by atoms with Crippen LogP contribution in [0, 0.1) is 0 Å². The smallest absolute Gasteiger partial charge is 0.165 e. The molecule has 1 aliphatic rings. The number of fused-ring (bicyclic) bond motifs is 1. The summed E-state index contributed by atoms with van der Waals surface area (Å²) >= 11 is 1.58. The summed E-state index contributed by atoms with van der Waals surface area (Å²) in [4.78, 5) is 12.3. The van der Waals surface area contributed by atoms with Crippen molar-refractivity contribution in [2.75, 3.05) is 12.4 Å². The molecule has 0 aromatic carbocycles. The predicted molar refractivity (Wildman–Crippen MR) is 74.2 cm³/mol. The summed E-state index contributed by atoms with van der Waals surface area (Å²) in [5.74, 6) is 0.848. The maximum atomic E-state index is 10.5. The molecule has 20 heavy (non-hydrogen) atoms. The van der Waals surface area contributed by atoms with Crippen LogP contribution in [0.1, 0.15) is 13.2 Å². The number of aliphatic hydroxyl groups is 2. The average molecular weight is 296 g/mol. The maximum absolute atomic E-state index is 10.5. The maximum Gasteiger partial charge on any atom is 0.165 e. The van der Waals surface area contributed by atoms with Crippen LogP contribution in [0.2, 0.25) is 0 Å². The molecule has 108 valence electrons. The highest BCUT2D eigenvalue weighted by Gasteiger charge is 2.44. The summed E-state index contributed by atoms with van der Waals surface area (Å²) in [6, 6.07) is 0. The molecule has 8 heteroatoms. The quantitative estimate of drug-likeness (QED) is 0.832. The van der Waals surface area contributed by atoms with E-state index in [9.17, 15) is 10.2 Å². The van der Waals surface area contributed by atoms with E-state index in [0.717, 1.165) is 5.75 Å². The Hall–Kier alpha value is -1.22. The molecule has 0 radical (unpaired) electrons. The van der Waals surface area contributed by atoms with Gasteiger partial charge in [-0.2, -0.15) is 11.8 Å². The van der Waals surface area contributed by atoms with Crippen LogP contribution in [0.15, 0.2) is 18.9 Å². The van der Waals surface area contributed by atoms with Gasteiger partial charge < -0.3 is 14.9 Å². The highest BCUT2D eigenvalue weighted by molar-refractivity contribution is 8.00. The molecular formula is C12H16N4O3S. The monoisotopic (exact) mass is 296 g/mol. The normalized spacial score (nSPS) is 30.1. The first-order chi connectivity index (χ1) is 9.76. The first-order valence-corrected chi connectivity index (χ1v) is 7.49. The van der Waals surface area contributed by atoms with Crippen molar-refractivity contribution in [3.8, 4) is 0 Å². The SMILES string of the molecule is CCS[C@H]1[C@@H](O)[C@@H](n2cnc3cncnc32)O[C@H]1CO. The summed E-state index contributed by atoms with van der Waals surface area (Å²) in [5.41, 5.74) is 1.26. The van der Waals surface area contributed by atoms with Gasteiger partial charge in [-0.05, 0) is 5.75 Å². The Balaban J connectivity index is 1.94. The van der Waals surface area contributed by atoms with Gasteiger partial charge >= 0.3 is 0 Å². The Morgan fingerprint density at radius 2 is 2.30 bits per heavy atom. The van der Waals surface area contributed by atoms with Crippen molar-refractivity contribution in [3.63, 3.8) is 0 Å². The Bertz CT molecular complexity index is 593. The predicted octanol–water partition coefficient (Wildman–Crippen LogP) is 0.199. The number of hydrogen-bond acceptors (Lipinski definition) is 7. The molecular weight excluding hydrogens is 280 g/mol. The van der Waals surface area contributed by atoms with Gasteiger partial charge in [-0.3, -0.25) is 4.57 Å². The minimum atomic E-state index is -0.718. The zero-order valence-corrected chi connectivity index (χ0v) is 11.8. The number of rotatable bonds is 4. The van der Waals surface area contributed by atoms with Crippen molar-refractivity contribution < 1.29 is 14.9 Å². The van der Waals surface area contributed by atoms with Crippen LogP contribution in [0.4, 0.5) is 0 Å². The van der Waals surface area contributed by atoms with Gasteiger partial charge in [0.25, 0.3) is 0 Å². The summed E-state index contributed by atoms with van der Waals surface area (Å²) in [6.45, 7) is 1.89. The first kappa shape index (κ1) is 13.7. The third kappa shape index (κ3) is 2.18. The molecule has 4 atom stereocenters. The third-order valence-electron chi connectivity index (χ3n) is 3.36. The minimum absolute atomic E-state index is 0.118. The van der Waals surface area contributed by atoms with Gasteiger partial charge in [0.05, 0.1) is 30.5 Å². The number of thioether (sulfide) groups is 1. The fourth-order valence-electron chi connectivity index (χ4n) is 2.47. The summed E-state index contributed by atoms with van der Waals surface area (Å²) in [6.07, 6.45) is 2.94. The van der Waals surface area contributed by atoms with E-state index < -0.39 is 12.3 Å². The molecule has 2 aromatic rings. The zero-order valence-electron chi connectivity index (χ0n) is 11.0. The van der Waals surface area contributed by atoms with Crippen molar-refractivity contribution >= 4 is 22.9 Å². The standard InChI is InChI=1S/C12H16N4O3S/c1-2-20-10-8(4-17)19-12(9(10)18)16-6-15-7-3-13-5-14-11(7)16/h3,5-6,8-10,12,17-18H,2,4H2,1H3/t8-,9+,10+,12-/m0/s1. The molecule has 7 nitrogen and oxygen atoms in total. The molecule has 1 aliphatic heterocycles. The Labute approximate surface area is 120 Å². The molecule has 0 bridgehead atoms. The molecule has 0 saturated carbocycles. The Morgan fingerprint density at radius 3 is 3.05 bits per heavy atom. The van der Waals surface area contributed by atoms with Gasteiger partial charge in [-0.1, -0.05) is 6.92 Å². The molecule has 3 rings (SSSR count). The van der Waals surface area contributed by atoms with Gasteiger partial charge in [0, 0.05) is 0 Å². The number of aliphatic hydroxyl groups excluding tert-OH is 2. The van der Waals surface area contributed by atoms with E-state index in [0.29, 0.717) is 11.2 Å². The number of hydrogen-bond donors (Lipinski definition) is 2. The van der Waals surface area contributed by atoms with E-state index in [1.807, 2.05) is 6.92 Å². The number of aromatic nitrogens is 4. The molecule has 1 fully saturated rings. The second-order valence-corrected chi connectivity index (χ2v) is 6.00. The number of imidazole rings is 1. The van der Waals surface area contributed by atoms with E-state index in [1.54, 1.807) is 28.9 Å². The third-order valence-corrected chi connectivity index (χ3v) is 4.66. The van der Waals surface area contributed by atoms with E-state index >= 15 is 0 Å². The topological polar surface area (TPSA) is 93.3 Å². The molecule has 0 aliphatic carbocycles. The first-order valence-electron chi connectivity index (χ1n) is 6.44. The molecule has 2 aromatic heterocycles. The molecule has 0 unspecified atom stereocenters. The number of ether oxygens (including phenoxy) is 1.